The molecule has 1 fully saturated rings. The van der Waals surface area contributed by atoms with Gasteiger partial charge in [-0.2, -0.15) is 4.31 Å². The summed E-state index contributed by atoms with van der Waals surface area (Å²) in [4.78, 5) is 12.3. The molecule has 0 radical (unpaired) electrons. The average molecular weight is 317 g/mol. The Morgan fingerprint density at radius 1 is 1.45 bits per heavy atom. The number of halogens is 1. The third-order valence-corrected chi connectivity index (χ3v) is 5.57. The number of nitrogens with zero attached hydrogens (tertiary/aromatic N) is 1. The molecule has 1 aromatic rings. The standard InChI is InChI=1S/C13H17ClN2O3S/c1-2-20(18,19)16-9-5-8-12(16)13(17)15-11-7-4-3-6-10(11)14/h3-4,6-7,12H,2,5,8-9H2,1H3,(H,15,17)/t12-/m1/s1. The number of para-hydroxylation sites is 1. The molecule has 7 heteroatoms. The van der Waals surface area contributed by atoms with E-state index in [1.807, 2.05) is 0 Å². The maximum Gasteiger partial charge on any atom is 0.242 e. The molecule has 5 nitrogen and oxygen atoms in total. The van der Waals surface area contributed by atoms with Crippen LogP contribution in [0.3, 0.4) is 0 Å². The Kier molecular flexibility index (Phi) is 4.67. The molecule has 1 aliphatic rings. The molecule has 0 unspecified atom stereocenters. The summed E-state index contributed by atoms with van der Waals surface area (Å²) >= 11 is 5.98. The summed E-state index contributed by atoms with van der Waals surface area (Å²) in [6.07, 6.45) is 1.23. The molecule has 1 atom stereocenters. The quantitative estimate of drug-likeness (QED) is 0.925. The Labute approximate surface area is 124 Å². The number of amides is 1. The van der Waals surface area contributed by atoms with Crippen molar-refractivity contribution in [2.24, 2.45) is 0 Å². The van der Waals surface area contributed by atoms with Crippen LogP contribution >= 0.6 is 11.6 Å². The van der Waals surface area contributed by atoms with Gasteiger partial charge in [0.25, 0.3) is 0 Å². The minimum Gasteiger partial charge on any atom is -0.323 e. The minimum atomic E-state index is -3.35. The summed E-state index contributed by atoms with van der Waals surface area (Å²) in [6, 6.07) is 6.24. The summed E-state index contributed by atoms with van der Waals surface area (Å²) in [7, 11) is -3.35. The molecule has 1 aromatic carbocycles. The van der Waals surface area contributed by atoms with Gasteiger partial charge in [-0.15, -0.1) is 0 Å². The highest BCUT2D eigenvalue weighted by atomic mass is 35.5. The molecule has 1 N–H and O–H groups in total. The smallest absolute Gasteiger partial charge is 0.242 e. The van der Waals surface area contributed by atoms with Gasteiger partial charge < -0.3 is 5.32 Å². The molecule has 1 aliphatic heterocycles. The molecule has 0 aliphatic carbocycles. The van der Waals surface area contributed by atoms with Gasteiger partial charge in [0.1, 0.15) is 6.04 Å². The number of carbonyl (C=O) groups excluding carboxylic acids is 1. The predicted octanol–water partition coefficient (Wildman–Crippen LogP) is 2.09. The lowest BCUT2D eigenvalue weighted by Crippen LogP contribution is -2.43. The van der Waals surface area contributed by atoms with Crippen molar-refractivity contribution in [3.8, 4) is 0 Å². The van der Waals surface area contributed by atoms with Crippen LogP contribution in [-0.4, -0.2) is 37.0 Å². The maximum absolute atomic E-state index is 12.3. The van der Waals surface area contributed by atoms with E-state index in [0.29, 0.717) is 30.1 Å². The Morgan fingerprint density at radius 3 is 2.80 bits per heavy atom. The zero-order chi connectivity index (χ0) is 14.8. The van der Waals surface area contributed by atoms with Crippen LogP contribution in [0.15, 0.2) is 24.3 Å². The van der Waals surface area contributed by atoms with Crippen molar-refractivity contribution in [1.82, 2.24) is 4.31 Å². The fourth-order valence-corrected chi connectivity index (χ4v) is 3.79. The Morgan fingerprint density at radius 2 is 2.15 bits per heavy atom. The second kappa shape index (κ2) is 6.11. The first-order valence-corrected chi connectivity index (χ1v) is 8.49. The van der Waals surface area contributed by atoms with E-state index in [1.54, 1.807) is 31.2 Å². The Bertz CT molecular complexity index is 603. The molecular weight excluding hydrogens is 300 g/mol. The van der Waals surface area contributed by atoms with E-state index in [2.05, 4.69) is 5.32 Å². The topological polar surface area (TPSA) is 66.5 Å². The molecule has 1 heterocycles. The van der Waals surface area contributed by atoms with E-state index in [9.17, 15) is 13.2 Å². The van der Waals surface area contributed by atoms with Crippen molar-refractivity contribution in [3.63, 3.8) is 0 Å². The van der Waals surface area contributed by atoms with Gasteiger partial charge in [-0.3, -0.25) is 4.79 Å². The van der Waals surface area contributed by atoms with Crippen LogP contribution in [0.4, 0.5) is 5.69 Å². The zero-order valence-electron chi connectivity index (χ0n) is 11.2. The molecule has 0 bridgehead atoms. The summed E-state index contributed by atoms with van der Waals surface area (Å²) in [5, 5.41) is 3.14. The van der Waals surface area contributed by atoms with E-state index < -0.39 is 16.1 Å². The number of anilines is 1. The number of hydrogen-bond acceptors (Lipinski definition) is 3. The second-order valence-electron chi connectivity index (χ2n) is 4.64. The normalized spacial score (nSPS) is 20.0. The molecular formula is C13H17ClN2O3S. The zero-order valence-corrected chi connectivity index (χ0v) is 12.7. The summed E-state index contributed by atoms with van der Waals surface area (Å²) in [5.41, 5.74) is 0.500. The predicted molar refractivity (Wildman–Crippen MR) is 79.3 cm³/mol. The molecule has 110 valence electrons. The number of sulfonamides is 1. The number of hydrogen-bond donors (Lipinski definition) is 1. The van der Waals surface area contributed by atoms with E-state index in [4.69, 9.17) is 11.6 Å². The fourth-order valence-electron chi connectivity index (χ4n) is 2.28. The third-order valence-electron chi connectivity index (χ3n) is 3.36. The summed E-state index contributed by atoms with van der Waals surface area (Å²) in [5.74, 6) is -0.323. The SMILES string of the molecule is CCS(=O)(=O)N1CCC[C@@H]1C(=O)Nc1ccccc1Cl. The van der Waals surface area contributed by atoms with Crippen LogP contribution in [0.2, 0.25) is 5.02 Å². The first-order chi connectivity index (χ1) is 9.45. The molecule has 0 spiro atoms. The van der Waals surface area contributed by atoms with E-state index in [1.165, 1.54) is 4.31 Å². The molecule has 0 saturated carbocycles. The number of nitrogens with one attached hydrogen (secondary N) is 1. The van der Waals surface area contributed by atoms with Crippen molar-refractivity contribution in [2.75, 3.05) is 17.6 Å². The first kappa shape index (κ1) is 15.3. The lowest BCUT2D eigenvalue weighted by Gasteiger charge is -2.22. The van der Waals surface area contributed by atoms with E-state index in [-0.39, 0.29) is 11.7 Å². The van der Waals surface area contributed by atoms with Crippen LogP contribution in [0, 0.1) is 0 Å². The molecule has 20 heavy (non-hydrogen) atoms. The van der Waals surface area contributed by atoms with Crippen molar-refractivity contribution in [3.05, 3.63) is 29.3 Å². The molecule has 1 amide bonds. The number of carbonyl (C=O) groups is 1. The van der Waals surface area contributed by atoms with Crippen LogP contribution in [0.1, 0.15) is 19.8 Å². The van der Waals surface area contributed by atoms with Gasteiger partial charge in [0.2, 0.25) is 15.9 Å². The molecule has 0 aromatic heterocycles. The van der Waals surface area contributed by atoms with Crippen molar-refractivity contribution in [2.45, 2.75) is 25.8 Å². The van der Waals surface area contributed by atoms with Gasteiger partial charge in [-0.05, 0) is 31.9 Å². The van der Waals surface area contributed by atoms with Gasteiger partial charge in [-0.25, -0.2) is 8.42 Å². The molecule has 2 rings (SSSR count). The molecule has 1 saturated heterocycles. The van der Waals surface area contributed by atoms with Crippen molar-refractivity contribution in [1.29, 1.82) is 0 Å². The van der Waals surface area contributed by atoms with Crippen molar-refractivity contribution >= 4 is 33.2 Å². The highest BCUT2D eigenvalue weighted by molar-refractivity contribution is 7.89. The first-order valence-electron chi connectivity index (χ1n) is 6.50. The lowest BCUT2D eigenvalue weighted by atomic mass is 10.2. The average Bonchev–Trinajstić information content (AvgIpc) is 2.91. The highest BCUT2D eigenvalue weighted by Gasteiger charge is 2.37. The van der Waals surface area contributed by atoms with Crippen LogP contribution in [0.5, 0.6) is 0 Å². The third kappa shape index (κ3) is 3.13. The monoisotopic (exact) mass is 316 g/mol. The van der Waals surface area contributed by atoms with Gasteiger partial charge in [0.05, 0.1) is 16.5 Å². The van der Waals surface area contributed by atoms with Gasteiger partial charge in [0.15, 0.2) is 0 Å². The second-order valence-corrected chi connectivity index (χ2v) is 7.26. The Hall–Kier alpha value is -1.11. The maximum atomic E-state index is 12.3. The lowest BCUT2D eigenvalue weighted by molar-refractivity contribution is -0.119. The highest BCUT2D eigenvalue weighted by Crippen LogP contribution is 2.25. The van der Waals surface area contributed by atoms with Crippen LogP contribution in [0.25, 0.3) is 0 Å². The minimum absolute atomic E-state index is 0.00285. The Balaban J connectivity index is 2.15. The summed E-state index contributed by atoms with van der Waals surface area (Å²) < 4.78 is 25.2. The van der Waals surface area contributed by atoms with E-state index in [0.717, 1.165) is 0 Å². The van der Waals surface area contributed by atoms with Crippen LogP contribution < -0.4 is 5.32 Å². The van der Waals surface area contributed by atoms with Gasteiger partial charge in [-0.1, -0.05) is 23.7 Å². The number of rotatable bonds is 4. The van der Waals surface area contributed by atoms with Crippen molar-refractivity contribution < 1.29 is 13.2 Å². The van der Waals surface area contributed by atoms with E-state index >= 15 is 0 Å². The van der Waals surface area contributed by atoms with Crippen LogP contribution in [-0.2, 0) is 14.8 Å². The van der Waals surface area contributed by atoms with Gasteiger partial charge >= 0.3 is 0 Å². The number of benzene rings is 1. The largest absolute Gasteiger partial charge is 0.323 e. The van der Waals surface area contributed by atoms with Gasteiger partial charge in [0, 0.05) is 6.54 Å². The summed E-state index contributed by atoms with van der Waals surface area (Å²) in [6.45, 7) is 1.98. The fraction of sp³-hybridized carbons (Fsp3) is 0.462.